The second-order valence-corrected chi connectivity index (χ2v) is 5.08. The molecule has 0 aliphatic heterocycles. The zero-order valence-corrected chi connectivity index (χ0v) is 13.0. The SMILES string of the molecule is O=C(NCc1ccc(-n2ccnc2)nc1)c1ccc(OC(F)F)cc1. The van der Waals surface area contributed by atoms with Crippen LogP contribution in [0.4, 0.5) is 8.78 Å². The second-order valence-electron chi connectivity index (χ2n) is 5.08. The number of halogens is 2. The molecule has 0 fully saturated rings. The summed E-state index contributed by atoms with van der Waals surface area (Å²) in [5, 5.41) is 2.74. The average Bonchev–Trinajstić information content (AvgIpc) is 3.15. The third-order valence-electron chi connectivity index (χ3n) is 3.37. The summed E-state index contributed by atoms with van der Waals surface area (Å²) in [6.45, 7) is -2.59. The van der Waals surface area contributed by atoms with Gasteiger partial charge in [-0.25, -0.2) is 9.97 Å². The lowest BCUT2D eigenvalue weighted by Crippen LogP contribution is -2.22. The van der Waals surface area contributed by atoms with Crippen molar-refractivity contribution in [2.24, 2.45) is 0 Å². The van der Waals surface area contributed by atoms with Gasteiger partial charge in [-0.3, -0.25) is 9.36 Å². The molecule has 0 bridgehead atoms. The molecule has 0 radical (unpaired) electrons. The van der Waals surface area contributed by atoms with E-state index in [1.165, 1.54) is 24.3 Å². The molecule has 2 aromatic heterocycles. The molecule has 0 saturated heterocycles. The molecule has 0 aliphatic rings. The van der Waals surface area contributed by atoms with Gasteiger partial charge in [0.2, 0.25) is 0 Å². The highest BCUT2D eigenvalue weighted by Crippen LogP contribution is 2.15. The fourth-order valence-electron chi connectivity index (χ4n) is 2.14. The van der Waals surface area contributed by atoms with Crippen LogP contribution >= 0.6 is 0 Å². The molecule has 8 heteroatoms. The third kappa shape index (κ3) is 4.37. The fraction of sp³-hybridized carbons (Fsp3) is 0.118. The predicted molar refractivity (Wildman–Crippen MR) is 85.6 cm³/mol. The minimum absolute atomic E-state index is 0.00541. The number of hydrogen-bond donors (Lipinski definition) is 1. The Balaban J connectivity index is 1.56. The first-order valence-corrected chi connectivity index (χ1v) is 7.38. The molecule has 0 saturated carbocycles. The van der Waals surface area contributed by atoms with Crippen LogP contribution in [0.15, 0.2) is 61.3 Å². The van der Waals surface area contributed by atoms with Crippen LogP contribution in [0, 0.1) is 0 Å². The van der Waals surface area contributed by atoms with Crippen LogP contribution in [0.1, 0.15) is 15.9 Å². The number of nitrogens with zero attached hydrogens (tertiary/aromatic N) is 3. The van der Waals surface area contributed by atoms with Crippen molar-refractivity contribution in [3.05, 3.63) is 72.4 Å². The van der Waals surface area contributed by atoms with Gasteiger partial charge >= 0.3 is 6.61 Å². The number of nitrogens with one attached hydrogen (secondary N) is 1. The number of ether oxygens (including phenoxy) is 1. The molecule has 128 valence electrons. The van der Waals surface area contributed by atoms with Crippen molar-refractivity contribution in [1.82, 2.24) is 19.9 Å². The van der Waals surface area contributed by atoms with Gasteiger partial charge in [0, 0.05) is 30.7 Å². The number of amides is 1. The topological polar surface area (TPSA) is 69.0 Å². The maximum atomic E-state index is 12.1. The Bertz CT molecular complexity index is 819. The molecule has 0 unspecified atom stereocenters. The zero-order valence-electron chi connectivity index (χ0n) is 13.0. The summed E-state index contributed by atoms with van der Waals surface area (Å²) in [6.07, 6.45) is 6.75. The van der Waals surface area contributed by atoms with Crippen LogP contribution in [0.25, 0.3) is 5.82 Å². The normalized spacial score (nSPS) is 10.7. The lowest BCUT2D eigenvalue weighted by molar-refractivity contribution is -0.0498. The number of alkyl halides is 2. The molecular weight excluding hydrogens is 330 g/mol. The quantitative estimate of drug-likeness (QED) is 0.747. The van der Waals surface area contributed by atoms with Crippen molar-refractivity contribution in [3.63, 3.8) is 0 Å². The largest absolute Gasteiger partial charge is 0.435 e. The number of pyridine rings is 1. The molecule has 3 rings (SSSR count). The van der Waals surface area contributed by atoms with Gasteiger partial charge in [0.25, 0.3) is 5.91 Å². The highest BCUT2D eigenvalue weighted by Gasteiger charge is 2.08. The summed E-state index contributed by atoms with van der Waals surface area (Å²) in [6, 6.07) is 9.16. The predicted octanol–water partition coefficient (Wildman–Crippen LogP) is 2.80. The van der Waals surface area contributed by atoms with E-state index in [-0.39, 0.29) is 11.7 Å². The highest BCUT2D eigenvalue weighted by atomic mass is 19.3. The van der Waals surface area contributed by atoms with E-state index < -0.39 is 6.61 Å². The van der Waals surface area contributed by atoms with E-state index >= 15 is 0 Å². The van der Waals surface area contributed by atoms with Gasteiger partial charge in [-0.2, -0.15) is 8.78 Å². The van der Waals surface area contributed by atoms with E-state index in [4.69, 9.17) is 0 Å². The molecule has 0 spiro atoms. The monoisotopic (exact) mass is 344 g/mol. The Morgan fingerprint density at radius 2 is 2.00 bits per heavy atom. The second kappa shape index (κ2) is 7.52. The first kappa shape index (κ1) is 16.6. The Hall–Kier alpha value is -3.29. The number of benzene rings is 1. The summed E-state index contributed by atoms with van der Waals surface area (Å²) in [5.41, 5.74) is 1.18. The molecule has 3 aromatic rings. The standard InChI is InChI=1S/C17H14F2N4O2/c18-17(19)25-14-4-2-13(3-5-14)16(24)22-10-12-1-6-15(21-9-12)23-8-7-20-11-23/h1-9,11,17H,10H2,(H,22,24). The smallest absolute Gasteiger partial charge is 0.387 e. The van der Waals surface area contributed by atoms with Crippen molar-refractivity contribution in [2.75, 3.05) is 0 Å². The fourth-order valence-corrected chi connectivity index (χ4v) is 2.14. The molecule has 6 nitrogen and oxygen atoms in total. The number of imidazole rings is 1. The van der Waals surface area contributed by atoms with E-state index in [1.807, 2.05) is 12.1 Å². The van der Waals surface area contributed by atoms with Crippen LogP contribution in [0.5, 0.6) is 5.75 Å². The van der Waals surface area contributed by atoms with E-state index in [2.05, 4.69) is 20.0 Å². The van der Waals surface area contributed by atoms with Gasteiger partial charge in [0.15, 0.2) is 0 Å². The van der Waals surface area contributed by atoms with Gasteiger partial charge in [-0.05, 0) is 35.9 Å². The van der Waals surface area contributed by atoms with Crippen molar-refractivity contribution in [3.8, 4) is 11.6 Å². The minimum atomic E-state index is -2.89. The molecule has 2 heterocycles. The molecular formula is C17H14F2N4O2. The van der Waals surface area contributed by atoms with Crippen molar-refractivity contribution >= 4 is 5.91 Å². The van der Waals surface area contributed by atoms with E-state index in [1.54, 1.807) is 29.5 Å². The highest BCUT2D eigenvalue weighted by molar-refractivity contribution is 5.94. The Morgan fingerprint density at radius 3 is 2.60 bits per heavy atom. The van der Waals surface area contributed by atoms with Gasteiger partial charge in [0.1, 0.15) is 17.9 Å². The van der Waals surface area contributed by atoms with Crippen LogP contribution in [-0.4, -0.2) is 27.1 Å². The van der Waals surface area contributed by atoms with Crippen LogP contribution < -0.4 is 10.1 Å². The Morgan fingerprint density at radius 1 is 1.20 bits per heavy atom. The average molecular weight is 344 g/mol. The summed E-state index contributed by atoms with van der Waals surface area (Å²) < 4.78 is 30.2. The lowest BCUT2D eigenvalue weighted by Gasteiger charge is -2.08. The first-order valence-electron chi connectivity index (χ1n) is 7.38. The number of hydrogen-bond acceptors (Lipinski definition) is 4. The maximum Gasteiger partial charge on any atom is 0.387 e. The van der Waals surface area contributed by atoms with Gasteiger partial charge < -0.3 is 10.1 Å². The summed E-state index contributed by atoms with van der Waals surface area (Å²) >= 11 is 0. The van der Waals surface area contributed by atoms with Gasteiger partial charge in [-0.15, -0.1) is 0 Å². The maximum absolute atomic E-state index is 12.1. The minimum Gasteiger partial charge on any atom is -0.435 e. The number of carbonyl (C=O) groups is 1. The molecule has 0 atom stereocenters. The molecule has 1 amide bonds. The first-order chi connectivity index (χ1) is 12.1. The van der Waals surface area contributed by atoms with Crippen molar-refractivity contribution in [2.45, 2.75) is 13.2 Å². The number of carbonyl (C=O) groups excluding carboxylic acids is 1. The molecule has 0 aliphatic carbocycles. The van der Waals surface area contributed by atoms with Crippen molar-refractivity contribution < 1.29 is 18.3 Å². The summed E-state index contributed by atoms with van der Waals surface area (Å²) in [7, 11) is 0. The Kier molecular flexibility index (Phi) is 4.98. The number of aromatic nitrogens is 3. The molecule has 1 N–H and O–H groups in total. The molecule has 1 aromatic carbocycles. The van der Waals surface area contributed by atoms with E-state index in [0.717, 1.165) is 11.4 Å². The summed E-state index contributed by atoms with van der Waals surface area (Å²) in [4.78, 5) is 20.3. The summed E-state index contributed by atoms with van der Waals surface area (Å²) in [5.74, 6) is 0.412. The van der Waals surface area contributed by atoms with Gasteiger partial charge in [0.05, 0.1) is 0 Å². The third-order valence-corrected chi connectivity index (χ3v) is 3.37. The van der Waals surface area contributed by atoms with E-state index in [9.17, 15) is 13.6 Å². The number of rotatable bonds is 6. The lowest BCUT2D eigenvalue weighted by atomic mass is 10.2. The van der Waals surface area contributed by atoms with Gasteiger partial charge in [-0.1, -0.05) is 6.07 Å². The molecule has 25 heavy (non-hydrogen) atoms. The zero-order chi connectivity index (χ0) is 17.6. The van der Waals surface area contributed by atoms with Crippen LogP contribution in [0.3, 0.4) is 0 Å². The Labute approximate surface area is 142 Å². The van der Waals surface area contributed by atoms with Crippen molar-refractivity contribution in [1.29, 1.82) is 0 Å². The van der Waals surface area contributed by atoms with Crippen LogP contribution in [0.2, 0.25) is 0 Å². The van der Waals surface area contributed by atoms with Crippen LogP contribution in [-0.2, 0) is 6.54 Å². The van der Waals surface area contributed by atoms with E-state index in [0.29, 0.717) is 12.1 Å².